The van der Waals surface area contributed by atoms with E-state index in [9.17, 15) is 14.4 Å². The molecule has 0 radical (unpaired) electrons. The highest BCUT2D eigenvalue weighted by atomic mass is 16.6. The molecule has 76 heavy (non-hydrogen) atoms. The molecular weight excluding hydrogens is 937 g/mol. The van der Waals surface area contributed by atoms with Crippen LogP contribution in [0.2, 0.25) is 0 Å². The second-order valence-electron chi connectivity index (χ2n) is 21.3. The largest absolute Gasteiger partial charge is 0.462 e. The second kappa shape index (κ2) is 63.9. The summed E-state index contributed by atoms with van der Waals surface area (Å²) in [7, 11) is 0. The van der Waals surface area contributed by atoms with Gasteiger partial charge in [0.1, 0.15) is 13.2 Å². The van der Waals surface area contributed by atoms with Crippen LogP contribution in [-0.4, -0.2) is 37.2 Å². The van der Waals surface area contributed by atoms with Gasteiger partial charge in [-0.15, -0.1) is 0 Å². The molecule has 0 aromatic rings. The Hall–Kier alpha value is -3.67. The van der Waals surface area contributed by atoms with Gasteiger partial charge < -0.3 is 14.2 Å². The Morgan fingerprint density at radius 2 is 0.487 bits per heavy atom. The standard InChI is InChI=1S/C70H120O6/c1-4-7-10-13-16-19-22-25-28-30-32-33-34-35-36-37-39-40-42-45-48-51-54-57-60-63-69(72)75-66-67(65-74-68(71)62-59-56-53-50-47-44-27-24-21-18-15-12-9-6-3)76-70(73)64-61-58-55-52-49-46-43-41-38-31-29-26-23-20-17-14-11-8-5-2/h15,17-18,20,22,24-27,29-30,32,34-35,38,41,67H,4-14,16,19,21,23,28,31,33,36-37,39-40,42-66H2,1-3H3/b18-15-,20-17-,25-22-,27-24-,29-26-,32-30-,35-34-,41-38-. The fourth-order valence-electron chi connectivity index (χ4n) is 8.89. The summed E-state index contributed by atoms with van der Waals surface area (Å²) >= 11 is 0. The Bertz CT molecular complexity index is 1490. The number of carbonyl (C=O) groups excluding carboxylic acids is 3. The summed E-state index contributed by atoms with van der Waals surface area (Å²) in [6.07, 6.45) is 85.5. The van der Waals surface area contributed by atoms with Gasteiger partial charge in [0.2, 0.25) is 0 Å². The highest BCUT2D eigenvalue weighted by Gasteiger charge is 2.19. The highest BCUT2D eigenvalue weighted by Crippen LogP contribution is 2.15. The van der Waals surface area contributed by atoms with E-state index in [1.54, 1.807) is 0 Å². The highest BCUT2D eigenvalue weighted by molar-refractivity contribution is 5.71. The molecule has 0 amide bonds. The molecule has 0 fully saturated rings. The number of allylic oxidation sites excluding steroid dienone is 16. The zero-order valence-corrected chi connectivity index (χ0v) is 50.0. The third-order valence-electron chi connectivity index (χ3n) is 13.8. The van der Waals surface area contributed by atoms with E-state index in [0.717, 1.165) is 122 Å². The van der Waals surface area contributed by atoms with E-state index < -0.39 is 6.10 Å². The molecule has 0 bridgehead atoms. The molecule has 0 saturated carbocycles. The number of hydrogen-bond acceptors (Lipinski definition) is 6. The lowest BCUT2D eigenvalue weighted by atomic mass is 10.1. The minimum Gasteiger partial charge on any atom is -0.462 e. The molecule has 0 aromatic heterocycles. The molecule has 436 valence electrons. The van der Waals surface area contributed by atoms with E-state index in [0.29, 0.717) is 19.3 Å². The predicted octanol–water partition coefficient (Wildman–Crippen LogP) is 22.0. The molecule has 1 atom stereocenters. The number of esters is 3. The smallest absolute Gasteiger partial charge is 0.306 e. The summed E-state index contributed by atoms with van der Waals surface area (Å²) in [5.41, 5.74) is 0. The molecule has 0 spiro atoms. The molecular formula is C70H120O6. The summed E-state index contributed by atoms with van der Waals surface area (Å²) in [5, 5.41) is 0. The molecule has 6 heteroatoms. The molecule has 0 aliphatic heterocycles. The van der Waals surface area contributed by atoms with Crippen molar-refractivity contribution < 1.29 is 28.6 Å². The van der Waals surface area contributed by atoms with E-state index in [-0.39, 0.29) is 31.1 Å². The minimum absolute atomic E-state index is 0.0895. The zero-order chi connectivity index (χ0) is 55.0. The first-order valence-corrected chi connectivity index (χ1v) is 32.2. The van der Waals surface area contributed by atoms with Gasteiger partial charge in [0.05, 0.1) is 0 Å². The number of unbranched alkanes of at least 4 members (excludes halogenated alkanes) is 31. The number of ether oxygens (including phenoxy) is 3. The van der Waals surface area contributed by atoms with E-state index in [1.165, 1.54) is 148 Å². The van der Waals surface area contributed by atoms with Gasteiger partial charge in [-0.3, -0.25) is 14.4 Å². The predicted molar refractivity (Wildman–Crippen MR) is 330 cm³/mol. The van der Waals surface area contributed by atoms with Crippen molar-refractivity contribution in [3.63, 3.8) is 0 Å². The van der Waals surface area contributed by atoms with Crippen LogP contribution in [0.1, 0.15) is 310 Å². The zero-order valence-electron chi connectivity index (χ0n) is 50.0. The van der Waals surface area contributed by atoms with Crippen LogP contribution in [0, 0.1) is 0 Å². The van der Waals surface area contributed by atoms with Crippen LogP contribution < -0.4 is 0 Å². The summed E-state index contributed by atoms with van der Waals surface area (Å²) in [4.78, 5) is 38.3. The van der Waals surface area contributed by atoms with E-state index in [4.69, 9.17) is 14.2 Å². The van der Waals surface area contributed by atoms with Gasteiger partial charge in [0, 0.05) is 19.3 Å². The van der Waals surface area contributed by atoms with Gasteiger partial charge in [-0.25, -0.2) is 0 Å². The quantitative estimate of drug-likeness (QED) is 0.0261. The monoisotopic (exact) mass is 1060 g/mol. The average molecular weight is 1060 g/mol. The van der Waals surface area contributed by atoms with Crippen LogP contribution in [0.25, 0.3) is 0 Å². The van der Waals surface area contributed by atoms with Gasteiger partial charge in [0.15, 0.2) is 6.10 Å². The van der Waals surface area contributed by atoms with Crippen molar-refractivity contribution in [2.24, 2.45) is 0 Å². The van der Waals surface area contributed by atoms with Gasteiger partial charge in [-0.1, -0.05) is 266 Å². The van der Waals surface area contributed by atoms with Crippen molar-refractivity contribution in [3.8, 4) is 0 Å². The molecule has 0 aliphatic rings. The first-order valence-electron chi connectivity index (χ1n) is 32.2. The lowest BCUT2D eigenvalue weighted by molar-refractivity contribution is -0.167. The maximum atomic E-state index is 12.9. The van der Waals surface area contributed by atoms with Crippen molar-refractivity contribution in [3.05, 3.63) is 97.2 Å². The van der Waals surface area contributed by atoms with Crippen LogP contribution in [0.3, 0.4) is 0 Å². The maximum Gasteiger partial charge on any atom is 0.306 e. The van der Waals surface area contributed by atoms with Crippen LogP contribution >= 0.6 is 0 Å². The summed E-state index contributed by atoms with van der Waals surface area (Å²) < 4.78 is 16.9. The minimum atomic E-state index is -0.794. The van der Waals surface area contributed by atoms with Crippen LogP contribution in [0.5, 0.6) is 0 Å². The fourth-order valence-corrected chi connectivity index (χ4v) is 8.89. The Labute approximate surface area is 470 Å². The lowest BCUT2D eigenvalue weighted by Gasteiger charge is -2.18. The SMILES string of the molecule is CCCC/C=C\C/C=C\CCCCCCCC(=O)OCC(COC(=O)CCCCCCCCCCCC/C=C\C/C=C\C/C=C\CCCCCCC)OC(=O)CCCCCCCC/C=C\C/C=C\C/C=C\CCCCC. The van der Waals surface area contributed by atoms with Crippen molar-refractivity contribution in [1.29, 1.82) is 0 Å². The van der Waals surface area contributed by atoms with Gasteiger partial charge in [-0.05, 0) is 122 Å². The van der Waals surface area contributed by atoms with Gasteiger partial charge >= 0.3 is 17.9 Å². The van der Waals surface area contributed by atoms with E-state index >= 15 is 0 Å². The van der Waals surface area contributed by atoms with Gasteiger partial charge in [-0.2, -0.15) is 0 Å². The number of carbonyl (C=O) groups is 3. The van der Waals surface area contributed by atoms with Crippen LogP contribution in [-0.2, 0) is 28.6 Å². The van der Waals surface area contributed by atoms with Crippen LogP contribution in [0.15, 0.2) is 97.2 Å². The summed E-state index contributed by atoms with van der Waals surface area (Å²) in [5.74, 6) is -0.912. The first-order chi connectivity index (χ1) is 37.5. The van der Waals surface area contributed by atoms with Crippen molar-refractivity contribution in [2.45, 2.75) is 316 Å². The second-order valence-corrected chi connectivity index (χ2v) is 21.3. The maximum absolute atomic E-state index is 12.9. The van der Waals surface area contributed by atoms with Gasteiger partial charge in [0.25, 0.3) is 0 Å². The van der Waals surface area contributed by atoms with Crippen LogP contribution in [0.4, 0.5) is 0 Å². The molecule has 0 aromatic carbocycles. The molecule has 0 aliphatic carbocycles. The Morgan fingerprint density at radius 1 is 0.263 bits per heavy atom. The first kappa shape index (κ1) is 72.3. The third-order valence-corrected chi connectivity index (χ3v) is 13.8. The van der Waals surface area contributed by atoms with Crippen molar-refractivity contribution in [1.82, 2.24) is 0 Å². The Balaban J connectivity index is 4.37. The molecule has 0 rings (SSSR count). The lowest BCUT2D eigenvalue weighted by Crippen LogP contribution is -2.30. The molecule has 1 unspecified atom stereocenters. The topological polar surface area (TPSA) is 78.9 Å². The molecule has 6 nitrogen and oxygen atoms in total. The van der Waals surface area contributed by atoms with Crippen molar-refractivity contribution in [2.75, 3.05) is 13.2 Å². The Kier molecular flexibility index (Phi) is 60.8. The van der Waals surface area contributed by atoms with E-state index in [1.807, 2.05) is 0 Å². The van der Waals surface area contributed by atoms with Crippen molar-refractivity contribution >= 4 is 17.9 Å². The fraction of sp³-hybridized carbons (Fsp3) is 0.729. The molecule has 0 saturated heterocycles. The van der Waals surface area contributed by atoms with E-state index in [2.05, 4.69) is 118 Å². The summed E-state index contributed by atoms with van der Waals surface area (Å²) in [6.45, 7) is 6.56. The Morgan fingerprint density at radius 3 is 0.803 bits per heavy atom. The molecule has 0 heterocycles. The normalized spacial score (nSPS) is 12.7. The third kappa shape index (κ3) is 61.2. The summed E-state index contributed by atoms with van der Waals surface area (Å²) in [6, 6.07) is 0. The average Bonchev–Trinajstić information content (AvgIpc) is 3.42. The number of hydrogen-bond donors (Lipinski definition) is 0. The number of rotatable bonds is 58. The molecule has 0 N–H and O–H groups in total.